The molecule has 156 valence electrons. The second-order valence-corrected chi connectivity index (χ2v) is 8.52. The number of imide groups is 1. The molecule has 4 heteroatoms. The Hall–Kier alpha value is -3.92. The van der Waals surface area contributed by atoms with Gasteiger partial charge in [0.15, 0.2) is 0 Å². The minimum atomic E-state index is -0.319. The number of nitrogens with one attached hydrogen (secondary N) is 1. The average molecular weight is 418 g/mol. The number of amides is 2. The maximum atomic E-state index is 13.4. The topological polar surface area (TPSA) is 53.2 Å². The number of carbonyl (C=O) groups is 2. The van der Waals surface area contributed by atoms with Crippen molar-refractivity contribution in [1.82, 2.24) is 4.98 Å². The Labute approximate surface area is 186 Å². The predicted octanol–water partition coefficient (Wildman–Crippen LogP) is 5.82. The zero-order valence-corrected chi connectivity index (χ0v) is 17.5. The standard InChI is InChI=1S/C28H22N2O2/c31-27-21-16-15-19(17-23(21)28(32)30(27)20-11-5-2-6-12-20)25-22-13-7-8-14-24(22)29-26(25)18-9-3-1-4-10-18/h1-15,21,23,29H,16-17H2/t21-,23+/m0/s1. The second-order valence-electron chi connectivity index (χ2n) is 8.52. The lowest BCUT2D eigenvalue weighted by Crippen LogP contribution is -2.30. The maximum Gasteiger partial charge on any atom is 0.238 e. The molecular weight excluding hydrogens is 396 g/mol. The number of nitrogens with zero attached hydrogens (tertiary/aromatic N) is 1. The van der Waals surface area contributed by atoms with E-state index in [9.17, 15) is 9.59 Å². The van der Waals surface area contributed by atoms with Gasteiger partial charge < -0.3 is 4.98 Å². The summed E-state index contributed by atoms with van der Waals surface area (Å²) in [5, 5.41) is 1.15. The van der Waals surface area contributed by atoms with Gasteiger partial charge in [-0.15, -0.1) is 0 Å². The van der Waals surface area contributed by atoms with Gasteiger partial charge in [-0.3, -0.25) is 14.5 Å². The molecule has 6 rings (SSSR count). The number of H-pyrrole nitrogens is 1. The lowest BCUT2D eigenvalue weighted by molar-refractivity contribution is -0.122. The molecule has 2 heterocycles. The Kier molecular flexibility index (Phi) is 4.32. The first-order chi connectivity index (χ1) is 15.7. The van der Waals surface area contributed by atoms with E-state index in [4.69, 9.17) is 0 Å². The van der Waals surface area contributed by atoms with Crippen molar-refractivity contribution in [1.29, 1.82) is 0 Å². The Morgan fingerprint density at radius 2 is 1.41 bits per heavy atom. The van der Waals surface area contributed by atoms with Crippen molar-refractivity contribution in [3.8, 4) is 11.3 Å². The molecule has 2 aliphatic rings. The van der Waals surface area contributed by atoms with Crippen LogP contribution in [0, 0.1) is 11.8 Å². The van der Waals surface area contributed by atoms with Gasteiger partial charge in [-0.1, -0.05) is 72.8 Å². The second kappa shape index (κ2) is 7.34. The van der Waals surface area contributed by atoms with E-state index in [1.165, 1.54) is 4.90 Å². The summed E-state index contributed by atoms with van der Waals surface area (Å²) in [5.74, 6) is -0.765. The minimum Gasteiger partial charge on any atom is -0.354 e. The van der Waals surface area contributed by atoms with E-state index >= 15 is 0 Å². The Morgan fingerprint density at radius 3 is 2.19 bits per heavy atom. The fourth-order valence-electron chi connectivity index (χ4n) is 5.20. The van der Waals surface area contributed by atoms with Crippen LogP contribution in [-0.4, -0.2) is 16.8 Å². The van der Waals surface area contributed by atoms with Gasteiger partial charge in [0.25, 0.3) is 0 Å². The number of para-hydroxylation sites is 2. The fourth-order valence-corrected chi connectivity index (χ4v) is 5.20. The Balaban J connectivity index is 1.43. The first-order valence-corrected chi connectivity index (χ1v) is 11.0. The summed E-state index contributed by atoms with van der Waals surface area (Å²) in [6.07, 6.45) is 3.32. The smallest absolute Gasteiger partial charge is 0.238 e. The van der Waals surface area contributed by atoms with Crippen LogP contribution < -0.4 is 4.90 Å². The lowest BCUT2D eigenvalue weighted by Gasteiger charge is -2.22. The van der Waals surface area contributed by atoms with Crippen molar-refractivity contribution in [2.45, 2.75) is 12.8 Å². The zero-order valence-electron chi connectivity index (χ0n) is 17.5. The molecule has 1 N–H and O–H groups in total. The van der Waals surface area contributed by atoms with E-state index in [2.05, 4.69) is 35.3 Å². The summed E-state index contributed by atoms with van der Waals surface area (Å²) >= 11 is 0. The van der Waals surface area contributed by atoms with E-state index in [0.717, 1.165) is 33.3 Å². The van der Waals surface area contributed by atoms with E-state index in [0.29, 0.717) is 18.5 Å². The largest absolute Gasteiger partial charge is 0.354 e. The van der Waals surface area contributed by atoms with Gasteiger partial charge in [0.1, 0.15) is 0 Å². The van der Waals surface area contributed by atoms with Crippen molar-refractivity contribution < 1.29 is 9.59 Å². The number of benzene rings is 3. The van der Waals surface area contributed by atoms with E-state index in [1.807, 2.05) is 60.7 Å². The van der Waals surface area contributed by atoms with Gasteiger partial charge >= 0.3 is 0 Å². The SMILES string of the molecule is O=C1[C@H]2CC=C(c3c(-c4ccccc4)[nH]c4ccccc34)C[C@H]2C(=O)N1c1ccccc1. The van der Waals surface area contributed by atoms with Crippen LogP contribution >= 0.6 is 0 Å². The molecule has 1 saturated heterocycles. The van der Waals surface area contributed by atoms with Crippen LogP contribution in [0.15, 0.2) is 91.0 Å². The molecule has 4 aromatic rings. The highest BCUT2D eigenvalue weighted by atomic mass is 16.2. The molecule has 0 bridgehead atoms. The summed E-state index contributed by atoms with van der Waals surface area (Å²) in [7, 11) is 0. The van der Waals surface area contributed by atoms with Crippen LogP contribution in [0.2, 0.25) is 0 Å². The third-order valence-electron chi connectivity index (χ3n) is 6.72. The number of hydrogen-bond donors (Lipinski definition) is 1. The monoisotopic (exact) mass is 418 g/mol. The summed E-state index contributed by atoms with van der Waals surface area (Å²) < 4.78 is 0. The van der Waals surface area contributed by atoms with Gasteiger partial charge in [0.2, 0.25) is 11.8 Å². The summed E-state index contributed by atoms with van der Waals surface area (Å²) in [6.45, 7) is 0. The number of rotatable bonds is 3. The van der Waals surface area contributed by atoms with Crippen LogP contribution in [0.5, 0.6) is 0 Å². The van der Waals surface area contributed by atoms with Crippen LogP contribution in [0.3, 0.4) is 0 Å². The number of allylic oxidation sites excluding steroid dienone is 2. The molecule has 32 heavy (non-hydrogen) atoms. The number of hydrogen-bond acceptors (Lipinski definition) is 2. The highest BCUT2D eigenvalue weighted by Crippen LogP contribution is 2.46. The number of aromatic amines is 1. The molecule has 1 aliphatic carbocycles. The molecule has 0 spiro atoms. The maximum absolute atomic E-state index is 13.4. The fraction of sp³-hybridized carbons (Fsp3) is 0.143. The summed E-state index contributed by atoms with van der Waals surface area (Å²) in [4.78, 5) is 31.4. The van der Waals surface area contributed by atoms with Gasteiger partial charge in [-0.2, -0.15) is 0 Å². The molecular formula is C28H22N2O2. The quantitative estimate of drug-likeness (QED) is 0.426. The van der Waals surface area contributed by atoms with E-state index in [-0.39, 0.29) is 23.7 Å². The van der Waals surface area contributed by atoms with Gasteiger partial charge in [-0.25, -0.2) is 0 Å². The molecule has 1 fully saturated rings. The molecule has 4 nitrogen and oxygen atoms in total. The molecule has 2 amide bonds. The molecule has 2 atom stereocenters. The van der Waals surface area contributed by atoms with Crippen LogP contribution in [0.25, 0.3) is 27.7 Å². The number of anilines is 1. The minimum absolute atomic E-state index is 0.0799. The third kappa shape index (κ3) is 2.83. The van der Waals surface area contributed by atoms with Crippen molar-refractivity contribution >= 4 is 34.0 Å². The number of aromatic nitrogens is 1. The van der Waals surface area contributed by atoms with Crippen molar-refractivity contribution in [3.63, 3.8) is 0 Å². The van der Waals surface area contributed by atoms with Crippen LogP contribution in [0.4, 0.5) is 5.69 Å². The highest BCUT2D eigenvalue weighted by Gasteiger charge is 2.49. The van der Waals surface area contributed by atoms with Gasteiger partial charge in [-0.05, 0) is 42.2 Å². The van der Waals surface area contributed by atoms with E-state index < -0.39 is 0 Å². The van der Waals surface area contributed by atoms with Crippen molar-refractivity contribution in [2.75, 3.05) is 4.90 Å². The van der Waals surface area contributed by atoms with E-state index in [1.54, 1.807) is 0 Å². The Morgan fingerprint density at radius 1 is 0.750 bits per heavy atom. The van der Waals surface area contributed by atoms with Crippen molar-refractivity contribution in [3.05, 3.63) is 96.6 Å². The van der Waals surface area contributed by atoms with Crippen LogP contribution in [0.1, 0.15) is 18.4 Å². The number of carbonyl (C=O) groups excluding carboxylic acids is 2. The summed E-state index contributed by atoms with van der Waals surface area (Å²) in [6, 6.07) is 27.8. The first-order valence-electron chi connectivity index (χ1n) is 11.0. The predicted molar refractivity (Wildman–Crippen MR) is 127 cm³/mol. The zero-order chi connectivity index (χ0) is 21.7. The lowest BCUT2D eigenvalue weighted by atomic mass is 9.78. The molecule has 0 unspecified atom stereocenters. The number of fused-ring (bicyclic) bond motifs is 2. The molecule has 1 aliphatic heterocycles. The molecule has 0 radical (unpaired) electrons. The molecule has 0 saturated carbocycles. The van der Waals surface area contributed by atoms with Gasteiger partial charge in [0, 0.05) is 16.5 Å². The average Bonchev–Trinajstić information content (AvgIpc) is 3.35. The molecule has 3 aromatic carbocycles. The highest BCUT2D eigenvalue weighted by molar-refractivity contribution is 6.22. The van der Waals surface area contributed by atoms with Gasteiger partial charge in [0.05, 0.1) is 23.2 Å². The first kappa shape index (κ1) is 18.8. The molecule has 1 aromatic heterocycles. The normalized spacial score (nSPS) is 20.5. The van der Waals surface area contributed by atoms with Crippen molar-refractivity contribution in [2.24, 2.45) is 11.8 Å². The third-order valence-corrected chi connectivity index (χ3v) is 6.72. The Bertz CT molecular complexity index is 1370. The summed E-state index contributed by atoms with van der Waals surface area (Å²) in [5.41, 5.74) is 6.19. The van der Waals surface area contributed by atoms with Crippen LogP contribution in [-0.2, 0) is 9.59 Å².